The van der Waals surface area contributed by atoms with Crippen LogP contribution in [0.15, 0.2) is 0 Å². The van der Waals surface area contributed by atoms with Gasteiger partial charge in [0.05, 0.1) is 0 Å². The number of nitrogens with zero attached hydrogens (tertiary/aromatic N) is 1. The van der Waals surface area contributed by atoms with Crippen LogP contribution in [-0.2, 0) is 4.57 Å². The Bertz CT molecular complexity index is 104. The van der Waals surface area contributed by atoms with Crippen molar-refractivity contribution >= 4 is 18.5 Å². The molecule has 0 heterocycles. The Morgan fingerprint density at radius 3 is 1.90 bits per heavy atom. The molecule has 0 N–H and O–H groups in total. The largest absolute Gasteiger partial charge is 0.292 e. The summed E-state index contributed by atoms with van der Waals surface area (Å²) in [6.07, 6.45) is 2.03. The van der Waals surface area contributed by atoms with Crippen LogP contribution in [0.5, 0.6) is 0 Å². The van der Waals surface area contributed by atoms with Crippen LogP contribution in [0, 0.1) is 0 Å². The van der Waals surface area contributed by atoms with Gasteiger partial charge in [0, 0.05) is 13.1 Å². The Morgan fingerprint density at radius 2 is 1.70 bits per heavy atom. The third kappa shape index (κ3) is 4.32. The van der Waals surface area contributed by atoms with Gasteiger partial charge in [0.25, 0.3) is 0 Å². The molecular weight excluding hydrogens is 168 g/mol. The molecule has 4 heteroatoms. The molecule has 2 nitrogen and oxygen atoms in total. The second-order valence-corrected chi connectivity index (χ2v) is 4.35. The molecule has 62 valence electrons. The van der Waals surface area contributed by atoms with Crippen LogP contribution in [-0.4, -0.2) is 17.8 Å². The summed E-state index contributed by atoms with van der Waals surface area (Å²) in [5.41, 5.74) is 0. The maximum Gasteiger partial charge on any atom is 0.223 e. The number of hydrogen-bond donors (Lipinski definition) is 0. The van der Waals surface area contributed by atoms with Gasteiger partial charge in [0.2, 0.25) is 7.30 Å². The molecule has 0 fully saturated rings. The molecule has 0 aliphatic rings. The standard InChI is InChI=1S/C6H15ClNOP/c1-3-5-8(6-4-2)10(7)9/h10H,3-6H2,1-2H3. The van der Waals surface area contributed by atoms with E-state index in [9.17, 15) is 4.57 Å². The van der Waals surface area contributed by atoms with E-state index in [1.165, 1.54) is 0 Å². The first-order valence-corrected chi connectivity index (χ1v) is 6.03. The van der Waals surface area contributed by atoms with E-state index < -0.39 is 7.30 Å². The summed E-state index contributed by atoms with van der Waals surface area (Å²) in [7, 11) is -1.94. The minimum atomic E-state index is -1.94. The molecule has 1 unspecified atom stereocenters. The highest BCUT2D eigenvalue weighted by Gasteiger charge is 2.05. The first-order valence-electron chi connectivity index (χ1n) is 3.66. The predicted molar refractivity (Wildman–Crippen MR) is 47.0 cm³/mol. The summed E-state index contributed by atoms with van der Waals surface area (Å²) < 4.78 is 12.6. The molecule has 0 rings (SSSR count). The minimum Gasteiger partial charge on any atom is -0.292 e. The molecule has 0 saturated heterocycles. The van der Waals surface area contributed by atoms with E-state index in [4.69, 9.17) is 11.2 Å². The van der Waals surface area contributed by atoms with Gasteiger partial charge in [-0.25, -0.2) is 4.67 Å². The van der Waals surface area contributed by atoms with E-state index in [0.717, 1.165) is 25.9 Å². The fourth-order valence-electron chi connectivity index (χ4n) is 0.827. The first-order chi connectivity index (χ1) is 4.72. The fraction of sp³-hybridized carbons (Fsp3) is 1.00. The molecule has 0 bridgehead atoms. The van der Waals surface area contributed by atoms with Crippen LogP contribution in [0.1, 0.15) is 26.7 Å². The zero-order valence-electron chi connectivity index (χ0n) is 6.56. The van der Waals surface area contributed by atoms with Crippen molar-refractivity contribution in [3.63, 3.8) is 0 Å². The molecule has 0 spiro atoms. The van der Waals surface area contributed by atoms with Gasteiger partial charge in [-0.3, -0.25) is 4.57 Å². The van der Waals surface area contributed by atoms with Gasteiger partial charge in [-0.05, 0) is 24.1 Å². The molecule has 0 aliphatic carbocycles. The first kappa shape index (κ1) is 10.5. The van der Waals surface area contributed by atoms with Crippen LogP contribution in [0.4, 0.5) is 0 Å². The van der Waals surface area contributed by atoms with Gasteiger partial charge in [-0.2, -0.15) is 0 Å². The van der Waals surface area contributed by atoms with Crippen molar-refractivity contribution < 1.29 is 4.57 Å². The van der Waals surface area contributed by atoms with Crippen LogP contribution >= 0.6 is 18.5 Å². The van der Waals surface area contributed by atoms with Crippen molar-refractivity contribution in [3.05, 3.63) is 0 Å². The summed E-state index contributed by atoms with van der Waals surface area (Å²) in [5.74, 6) is 0. The number of hydrogen-bond acceptors (Lipinski definition) is 1. The Hall–Kier alpha value is 0.480. The number of rotatable bonds is 5. The van der Waals surface area contributed by atoms with E-state index in [1.807, 2.05) is 4.67 Å². The average Bonchev–Trinajstić information content (AvgIpc) is 1.87. The van der Waals surface area contributed by atoms with Crippen LogP contribution in [0.2, 0.25) is 0 Å². The topological polar surface area (TPSA) is 20.3 Å². The average molecular weight is 184 g/mol. The third-order valence-electron chi connectivity index (χ3n) is 1.24. The zero-order chi connectivity index (χ0) is 7.98. The monoisotopic (exact) mass is 183 g/mol. The van der Waals surface area contributed by atoms with E-state index in [-0.39, 0.29) is 0 Å². The molecule has 0 amide bonds. The summed E-state index contributed by atoms with van der Waals surface area (Å²) in [6.45, 7) is 5.83. The van der Waals surface area contributed by atoms with Crippen LogP contribution < -0.4 is 0 Å². The van der Waals surface area contributed by atoms with Gasteiger partial charge in [-0.1, -0.05) is 13.8 Å². The van der Waals surface area contributed by atoms with Gasteiger partial charge in [0.1, 0.15) is 0 Å². The molecular formula is C6H15ClNOP. The molecule has 0 radical (unpaired) electrons. The molecule has 0 saturated carbocycles. The van der Waals surface area contributed by atoms with Crippen molar-refractivity contribution in [2.75, 3.05) is 13.1 Å². The lowest BCUT2D eigenvalue weighted by molar-refractivity contribution is 0.430. The maximum absolute atomic E-state index is 10.8. The molecule has 0 aliphatic heterocycles. The molecule has 0 aromatic carbocycles. The quantitative estimate of drug-likeness (QED) is 0.611. The molecule has 1 atom stereocenters. The minimum absolute atomic E-state index is 0.856. The second-order valence-electron chi connectivity index (χ2n) is 2.24. The molecule has 0 aromatic rings. The number of halogens is 1. The second kappa shape index (κ2) is 6.21. The summed E-state index contributed by atoms with van der Waals surface area (Å²) in [5, 5.41) is 0. The smallest absolute Gasteiger partial charge is 0.223 e. The maximum atomic E-state index is 10.8. The Labute approximate surface area is 68.2 Å². The Balaban J connectivity index is 3.61. The van der Waals surface area contributed by atoms with E-state index >= 15 is 0 Å². The predicted octanol–water partition coefficient (Wildman–Crippen LogP) is 2.74. The van der Waals surface area contributed by atoms with Crippen molar-refractivity contribution in [2.45, 2.75) is 26.7 Å². The van der Waals surface area contributed by atoms with Crippen LogP contribution in [0.25, 0.3) is 0 Å². The molecule has 0 aromatic heterocycles. The summed E-state index contributed by atoms with van der Waals surface area (Å²) in [4.78, 5) is 0. The fourth-order valence-corrected chi connectivity index (χ4v) is 2.13. The van der Waals surface area contributed by atoms with Crippen molar-refractivity contribution in [3.8, 4) is 0 Å². The van der Waals surface area contributed by atoms with Crippen molar-refractivity contribution in [1.29, 1.82) is 0 Å². The van der Waals surface area contributed by atoms with Crippen molar-refractivity contribution in [2.24, 2.45) is 0 Å². The van der Waals surface area contributed by atoms with Gasteiger partial charge in [-0.15, -0.1) is 0 Å². The van der Waals surface area contributed by atoms with E-state index in [1.54, 1.807) is 0 Å². The Kier molecular flexibility index (Phi) is 6.50. The highest BCUT2D eigenvalue weighted by Crippen LogP contribution is 2.31. The lowest BCUT2D eigenvalue weighted by Gasteiger charge is -2.15. The summed E-state index contributed by atoms with van der Waals surface area (Å²) >= 11 is 5.47. The summed E-state index contributed by atoms with van der Waals surface area (Å²) in [6, 6.07) is 0. The molecule has 10 heavy (non-hydrogen) atoms. The lowest BCUT2D eigenvalue weighted by Crippen LogP contribution is -2.15. The van der Waals surface area contributed by atoms with Gasteiger partial charge in [0.15, 0.2) is 0 Å². The van der Waals surface area contributed by atoms with E-state index in [0.29, 0.717) is 0 Å². The van der Waals surface area contributed by atoms with Crippen LogP contribution in [0.3, 0.4) is 0 Å². The van der Waals surface area contributed by atoms with Gasteiger partial charge >= 0.3 is 0 Å². The normalized spacial score (nSPS) is 14.0. The van der Waals surface area contributed by atoms with Gasteiger partial charge < -0.3 is 0 Å². The van der Waals surface area contributed by atoms with E-state index in [2.05, 4.69) is 13.8 Å². The lowest BCUT2D eigenvalue weighted by atomic mass is 10.4. The van der Waals surface area contributed by atoms with Crippen molar-refractivity contribution in [1.82, 2.24) is 4.67 Å². The highest BCUT2D eigenvalue weighted by atomic mass is 35.7. The third-order valence-corrected chi connectivity index (χ3v) is 2.90. The zero-order valence-corrected chi connectivity index (χ0v) is 8.32. The highest BCUT2D eigenvalue weighted by molar-refractivity contribution is 7.71. The SMILES string of the molecule is CCCN(CCC)[PH](=O)Cl. The Morgan fingerprint density at radius 1 is 1.30 bits per heavy atom.